The van der Waals surface area contributed by atoms with Crippen molar-refractivity contribution in [2.75, 3.05) is 19.9 Å². The van der Waals surface area contributed by atoms with Crippen molar-refractivity contribution in [2.24, 2.45) is 0 Å². The van der Waals surface area contributed by atoms with Gasteiger partial charge < -0.3 is 4.74 Å². The van der Waals surface area contributed by atoms with Crippen LogP contribution in [0.25, 0.3) is 16.1 Å². The highest BCUT2D eigenvalue weighted by molar-refractivity contribution is 7.90. The fourth-order valence-electron chi connectivity index (χ4n) is 5.99. The second-order valence-electron chi connectivity index (χ2n) is 11.3. The first kappa shape index (κ1) is 30.6. The van der Waals surface area contributed by atoms with Gasteiger partial charge in [0.05, 0.1) is 28.4 Å². The van der Waals surface area contributed by atoms with Crippen molar-refractivity contribution in [1.82, 2.24) is 14.7 Å². The lowest BCUT2D eigenvalue weighted by atomic mass is 10.0. The molecule has 9 heteroatoms. The average molecular weight is 646 g/mol. The lowest BCUT2D eigenvalue weighted by molar-refractivity contribution is 0.189. The number of benzene rings is 3. The van der Waals surface area contributed by atoms with Crippen molar-refractivity contribution in [3.63, 3.8) is 0 Å². The fraction of sp³-hybridized carbons (Fsp3) is 0.286. The van der Waals surface area contributed by atoms with Crippen LogP contribution in [-0.4, -0.2) is 43.0 Å². The van der Waals surface area contributed by atoms with Crippen LogP contribution in [0.3, 0.4) is 0 Å². The predicted octanol–water partition coefficient (Wildman–Crippen LogP) is 8.37. The molecule has 3 aromatic carbocycles. The molecule has 0 radical (unpaired) electrons. The third kappa shape index (κ3) is 6.94. The van der Waals surface area contributed by atoms with Crippen molar-refractivity contribution in [3.8, 4) is 21.9 Å². The number of sulfone groups is 1. The van der Waals surface area contributed by atoms with E-state index in [1.54, 1.807) is 36.6 Å². The molecule has 0 spiro atoms. The maximum Gasteiger partial charge on any atom is 0.175 e. The third-order valence-corrected chi connectivity index (χ3v) is 10.7. The SMILES string of the molecule is COc1cccc(C2CCCCCN2Cc2cc(Cc3ccc(-c4cccc(S(C)(=O)=O)c4)s3)n(-c3ccccc3Cl)n2)c1. The van der Waals surface area contributed by atoms with Crippen LogP contribution in [0.15, 0.2) is 95.9 Å². The normalized spacial score (nSPS) is 16.1. The van der Waals surface area contributed by atoms with E-state index in [1.165, 1.54) is 24.7 Å². The van der Waals surface area contributed by atoms with Crippen molar-refractivity contribution < 1.29 is 13.2 Å². The summed E-state index contributed by atoms with van der Waals surface area (Å²) in [4.78, 5) is 5.07. The molecule has 0 bridgehead atoms. The van der Waals surface area contributed by atoms with Gasteiger partial charge in [0.2, 0.25) is 0 Å². The van der Waals surface area contributed by atoms with Gasteiger partial charge in [-0.05, 0) is 85.1 Å². The molecule has 44 heavy (non-hydrogen) atoms. The number of hydrogen-bond donors (Lipinski definition) is 0. The Hall–Kier alpha value is -3.43. The number of nitrogens with zero attached hydrogens (tertiary/aromatic N) is 3. The van der Waals surface area contributed by atoms with E-state index in [4.69, 9.17) is 21.4 Å². The van der Waals surface area contributed by atoms with Crippen molar-refractivity contribution in [2.45, 2.75) is 49.6 Å². The monoisotopic (exact) mass is 645 g/mol. The average Bonchev–Trinajstić information content (AvgIpc) is 3.58. The van der Waals surface area contributed by atoms with Crippen molar-refractivity contribution in [1.29, 1.82) is 0 Å². The van der Waals surface area contributed by atoms with E-state index in [1.807, 2.05) is 41.1 Å². The van der Waals surface area contributed by atoms with E-state index in [2.05, 4.69) is 41.3 Å². The van der Waals surface area contributed by atoms with E-state index in [-0.39, 0.29) is 0 Å². The van der Waals surface area contributed by atoms with Crippen LogP contribution in [0.2, 0.25) is 5.02 Å². The van der Waals surface area contributed by atoms with Crippen LogP contribution in [0.4, 0.5) is 0 Å². The highest BCUT2D eigenvalue weighted by Crippen LogP contribution is 2.35. The molecule has 1 aliphatic heterocycles. The Balaban J connectivity index is 1.32. The molecule has 0 amide bonds. The number of likely N-dealkylation sites (tertiary alicyclic amines) is 1. The molecule has 0 N–H and O–H groups in total. The molecule has 3 heterocycles. The van der Waals surface area contributed by atoms with Gasteiger partial charge in [-0.1, -0.05) is 60.8 Å². The Morgan fingerprint density at radius 2 is 1.80 bits per heavy atom. The first-order valence-electron chi connectivity index (χ1n) is 14.9. The summed E-state index contributed by atoms with van der Waals surface area (Å²) in [5.74, 6) is 0.885. The molecule has 5 aromatic rings. The van der Waals surface area contributed by atoms with Gasteiger partial charge in [-0.2, -0.15) is 5.10 Å². The van der Waals surface area contributed by atoms with E-state index in [0.29, 0.717) is 22.4 Å². The maximum absolute atomic E-state index is 12.1. The van der Waals surface area contributed by atoms with Gasteiger partial charge in [-0.15, -0.1) is 11.3 Å². The van der Waals surface area contributed by atoms with Crippen LogP contribution in [0, 0.1) is 0 Å². The van der Waals surface area contributed by atoms with Crippen LogP contribution in [0.1, 0.15) is 53.6 Å². The van der Waals surface area contributed by atoms with Gasteiger partial charge in [0.15, 0.2) is 9.84 Å². The zero-order valence-electron chi connectivity index (χ0n) is 24.9. The van der Waals surface area contributed by atoms with E-state index in [9.17, 15) is 8.42 Å². The molecule has 1 atom stereocenters. The summed E-state index contributed by atoms with van der Waals surface area (Å²) in [5.41, 5.74) is 5.09. The van der Waals surface area contributed by atoms with Crippen LogP contribution < -0.4 is 4.74 Å². The molecular weight excluding hydrogens is 610 g/mol. The highest BCUT2D eigenvalue weighted by Gasteiger charge is 2.25. The Labute approximate surface area is 268 Å². The minimum absolute atomic E-state index is 0.295. The molecular formula is C35H36ClN3O3S2. The van der Waals surface area contributed by atoms with E-state index >= 15 is 0 Å². The molecule has 6 nitrogen and oxygen atoms in total. The van der Waals surface area contributed by atoms with E-state index < -0.39 is 9.84 Å². The van der Waals surface area contributed by atoms with Crippen molar-refractivity contribution in [3.05, 3.63) is 118 Å². The van der Waals surface area contributed by atoms with Gasteiger partial charge in [0.1, 0.15) is 5.75 Å². The molecule has 0 aliphatic carbocycles. The van der Waals surface area contributed by atoms with Crippen LogP contribution in [0.5, 0.6) is 5.75 Å². The molecule has 1 aliphatic rings. The number of ether oxygens (including phenoxy) is 1. The summed E-state index contributed by atoms with van der Waals surface area (Å²) in [6.45, 7) is 1.75. The lowest BCUT2D eigenvalue weighted by Gasteiger charge is -2.30. The molecule has 0 saturated carbocycles. The smallest absolute Gasteiger partial charge is 0.175 e. The summed E-state index contributed by atoms with van der Waals surface area (Å²) >= 11 is 8.36. The topological polar surface area (TPSA) is 64.4 Å². The number of rotatable bonds is 9. The number of para-hydroxylation sites is 1. The Morgan fingerprint density at radius 3 is 2.61 bits per heavy atom. The summed E-state index contributed by atoms with van der Waals surface area (Å²) in [6.07, 6.45) is 6.61. The largest absolute Gasteiger partial charge is 0.497 e. The fourth-order valence-corrected chi connectivity index (χ4v) is 7.89. The summed E-state index contributed by atoms with van der Waals surface area (Å²) in [7, 11) is -1.56. The Morgan fingerprint density at radius 1 is 0.955 bits per heavy atom. The predicted molar refractivity (Wildman–Crippen MR) is 179 cm³/mol. The molecule has 228 valence electrons. The van der Waals surface area contributed by atoms with Gasteiger partial charge in [-0.3, -0.25) is 4.90 Å². The van der Waals surface area contributed by atoms with Crippen LogP contribution in [-0.2, 0) is 22.8 Å². The highest BCUT2D eigenvalue weighted by atomic mass is 35.5. The quantitative estimate of drug-likeness (QED) is 0.161. The summed E-state index contributed by atoms with van der Waals surface area (Å²) < 4.78 is 31.8. The molecule has 1 unspecified atom stereocenters. The zero-order valence-corrected chi connectivity index (χ0v) is 27.3. The van der Waals surface area contributed by atoms with Crippen molar-refractivity contribution >= 4 is 32.8 Å². The van der Waals surface area contributed by atoms with Gasteiger partial charge >= 0.3 is 0 Å². The summed E-state index contributed by atoms with van der Waals surface area (Å²) in [5, 5.41) is 5.78. The molecule has 1 fully saturated rings. The Bertz CT molecular complexity index is 1860. The second kappa shape index (κ2) is 13.3. The maximum atomic E-state index is 12.1. The lowest BCUT2D eigenvalue weighted by Crippen LogP contribution is -2.28. The van der Waals surface area contributed by atoms with E-state index in [0.717, 1.165) is 64.1 Å². The zero-order chi connectivity index (χ0) is 30.7. The standard InChI is InChI=1S/C35H36ClN3O3S2/c1-42-29-12-8-10-25(20-29)33-15-4-3-7-19-38(33)24-27-22-28(39(37-27)34-16-6-5-14-32(34)36)23-30-17-18-35(43-30)26-11-9-13-31(21-26)44(2,40)41/h5-6,8-14,16-18,20-22,33H,3-4,7,15,19,23-24H2,1-2H3. The summed E-state index contributed by atoms with van der Waals surface area (Å²) in [6, 6.07) is 30.1. The number of thiophene rings is 1. The second-order valence-corrected chi connectivity index (χ2v) is 14.9. The number of methoxy groups -OCH3 is 1. The number of halogens is 1. The van der Waals surface area contributed by atoms with Gasteiger partial charge in [0, 0.05) is 40.7 Å². The number of hydrogen-bond acceptors (Lipinski definition) is 6. The molecule has 6 rings (SSSR count). The van der Waals surface area contributed by atoms with Gasteiger partial charge in [0.25, 0.3) is 0 Å². The molecule has 2 aromatic heterocycles. The first-order chi connectivity index (χ1) is 21.3. The minimum Gasteiger partial charge on any atom is -0.497 e. The Kier molecular flexibility index (Phi) is 9.23. The minimum atomic E-state index is -3.28. The third-order valence-electron chi connectivity index (χ3n) is 8.19. The van der Waals surface area contributed by atoms with Crippen LogP contribution >= 0.6 is 22.9 Å². The number of aromatic nitrogens is 2. The first-order valence-corrected chi connectivity index (χ1v) is 18.0. The molecule has 1 saturated heterocycles. The van der Waals surface area contributed by atoms with Gasteiger partial charge in [-0.25, -0.2) is 13.1 Å².